The first-order valence-corrected chi connectivity index (χ1v) is 14.8. The van der Waals surface area contributed by atoms with Gasteiger partial charge >= 0.3 is 6.09 Å². The second-order valence-corrected chi connectivity index (χ2v) is 11.6. The van der Waals surface area contributed by atoms with Crippen LogP contribution in [-0.4, -0.2) is 82.6 Å². The number of carbonyl (C=O) groups excluding carboxylic acids is 3. The normalized spacial score (nSPS) is 22.4. The first kappa shape index (κ1) is 28.5. The summed E-state index contributed by atoms with van der Waals surface area (Å²) in [6.07, 6.45) is 8.34. The summed E-state index contributed by atoms with van der Waals surface area (Å²) < 4.78 is 10.7. The molecule has 2 aliphatic carbocycles. The van der Waals surface area contributed by atoms with Crippen molar-refractivity contribution in [2.75, 3.05) is 44.2 Å². The highest BCUT2D eigenvalue weighted by Gasteiger charge is 2.35. The molecule has 216 valence electrons. The Labute approximate surface area is 240 Å². The molecular weight excluding hydrogens is 534 g/mol. The molecule has 0 bridgehead atoms. The van der Waals surface area contributed by atoms with E-state index in [1.54, 1.807) is 11.8 Å². The predicted molar refractivity (Wildman–Crippen MR) is 150 cm³/mol. The van der Waals surface area contributed by atoms with Crippen LogP contribution < -0.4 is 4.90 Å². The van der Waals surface area contributed by atoms with Gasteiger partial charge < -0.3 is 14.2 Å². The Morgan fingerprint density at radius 1 is 0.950 bits per heavy atom. The molecule has 3 heterocycles. The fraction of sp³-hybridized carbons (Fsp3) is 0.621. The molecule has 1 unspecified atom stereocenters. The summed E-state index contributed by atoms with van der Waals surface area (Å²) in [5, 5.41) is 3.79. The standard InChI is InChI=1S/C23H29N5O4.C6H9ClO/c1-16-24-21(25-32-16)17-6-8-19(9-7-17)28-15-20(31-23(28)30)14-26-10-12-27(13-11-26)22(29)18-4-2-3-5-18;7-6(8)5-3-1-2-4-5/h6-9,18,20H,2-5,10-15H2,1H3;5H,1-4H2. The second kappa shape index (κ2) is 13.1. The van der Waals surface area contributed by atoms with Gasteiger partial charge in [0.2, 0.25) is 22.9 Å². The van der Waals surface area contributed by atoms with Crippen molar-refractivity contribution in [2.24, 2.45) is 11.8 Å². The number of hydrogen-bond acceptors (Lipinski definition) is 8. The molecule has 2 amide bonds. The van der Waals surface area contributed by atoms with Gasteiger partial charge in [0.1, 0.15) is 6.10 Å². The monoisotopic (exact) mass is 571 g/mol. The molecule has 2 saturated heterocycles. The van der Waals surface area contributed by atoms with Crippen molar-refractivity contribution < 1.29 is 23.6 Å². The van der Waals surface area contributed by atoms with Crippen LogP contribution in [-0.2, 0) is 14.3 Å². The minimum Gasteiger partial charge on any atom is -0.443 e. The average molecular weight is 572 g/mol. The third kappa shape index (κ3) is 7.01. The van der Waals surface area contributed by atoms with Crippen LogP contribution in [0.25, 0.3) is 11.4 Å². The zero-order chi connectivity index (χ0) is 28.1. The quantitative estimate of drug-likeness (QED) is 0.461. The minimum absolute atomic E-state index is 0.137. The van der Waals surface area contributed by atoms with Crippen molar-refractivity contribution >= 4 is 34.5 Å². The molecule has 0 radical (unpaired) electrons. The molecule has 4 aliphatic rings. The Kier molecular flexibility index (Phi) is 9.36. The molecule has 40 heavy (non-hydrogen) atoms. The van der Waals surface area contributed by atoms with Gasteiger partial charge in [-0.25, -0.2) is 4.79 Å². The maximum atomic E-state index is 12.6. The van der Waals surface area contributed by atoms with Crippen molar-refractivity contribution in [3.63, 3.8) is 0 Å². The maximum Gasteiger partial charge on any atom is 0.414 e. The van der Waals surface area contributed by atoms with Crippen LogP contribution in [0.4, 0.5) is 10.5 Å². The van der Waals surface area contributed by atoms with Crippen LogP contribution in [0.1, 0.15) is 57.3 Å². The average Bonchev–Trinajstić information content (AvgIpc) is 3.78. The predicted octanol–water partition coefficient (Wildman–Crippen LogP) is 4.65. The molecule has 0 N–H and O–H groups in total. The van der Waals surface area contributed by atoms with E-state index in [1.807, 2.05) is 29.2 Å². The fourth-order valence-corrected chi connectivity index (χ4v) is 6.28. The lowest BCUT2D eigenvalue weighted by Crippen LogP contribution is -2.51. The number of amides is 2. The van der Waals surface area contributed by atoms with Gasteiger partial charge in [-0.15, -0.1) is 0 Å². The second-order valence-electron chi connectivity index (χ2n) is 11.2. The van der Waals surface area contributed by atoms with E-state index in [0.29, 0.717) is 30.7 Å². The Bertz CT molecular complexity index is 1170. The van der Waals surface area contributed by atoms with Crippen LogP contribution in [0.15, 0.2) is 28.8 Å². The van der Waals surface area contributed by atoms with E-state index in [9.17, 15) is 14.4 Å². The number of nitrogens with zero attached hydrogens (tertiary/aromatic N) is 5. The largest absolute Gasteiger partial charge is 0.443 e. The van der Waals surface area contributed by atoms with E-state index in [0.717, 1.165) is 63.1 Å². The van der Waals surface area contributed by atoms with Gasteiger partial charge in [-0.1, -0.05) is 30.8 Å². The SMILES string of the molecule is Cc1nc(-c2ccc(N3CC(CN4CCN(C(=O)C5CCCC5)CC4)OC3=O)cc2)no1.O=C(Cl)C1CCCC1. The van der Waals surface area contributed by atoms with E-state index >= 15 is 0 Å². The van der Waals surface area contributed by atoms with Crippen LogP contribution in [0.2, 0.25) is 0 Å². The van der Waals surface area contributed by atoms with Crippen molar-refractivity contribution in [3.05, 3.63) is 30.2 Å². The number of hydrogen-bond donors (Lipinski definition) is 0. The van der Waals surface area contributed by atoms with Gasteiger partial charge in [0.25, 0.3) is 0 Å². The third-order valence-electron chi connectivity index (χ3n) is 8.37. The summed E-state index contributed by atoms with van der Waals surface area (Å²) in [6.45, 7) is 6.12. The number of anilines is 1. The number of piperazine rings is 1. The van der Waals surface area contributed by atoms with Gasteiger partial charge in [0.05, 0.1) is 6.54 Å². The van der Waals surface area contributed by atoms with Crippen LogP contribution in [0, 0.1) is 18.8 Å². The van der Waals surface area contributed by atoms with Crippen molar-refractivity contribution in [1.82, 2.24) is 19.9 Å². The van der Waals surface area contributed by atoms with Crippen LogP contribution >= 0.6 is 11.6 Å². The van der Waals surface area contributed by atoms with Crippen LogP contribution in [0.3, 0.4) is 0 Å². The number of aryl methyl sites for hydroxylation is 1. The van der Waals surface area contributed by atoms with E-state index in [4.69, 9.17) is 20.9 Å². The molecule has 1 aromatic heterocycles. The van der Waals surface area contributed by atoms with E-state index in [1.165, 1.54) is 25.7 Å². The van der Waals surface area contributed by atoms with Gasteiger partial charge in [0, 0.05) is 62.7 Å². The topological polar surface area (TPSA) is 109 Å². The van der Waals surface area contributed by atoms with Gasteiger partial charge in [0.15, 0.2) is 0 Å². The highest BCUT2D eigenvalue weighted by molar-refractivity contribution is 6.64. The summed E-state index contributed by atoms with van der Waals surface area (Å²) >= 11 is 5.25. The summed E-state index contributed by atoms with van der Waals surface area (Å²) in [4.78, 5) is 45.7. The summed E-state index contributed by atoms with van der Waals surface area (Å²) in [5.41, 5.74) is 1.62. The van der Waals surface area contributed by atoms with Gasteiger partial charge in [-0.05, 0) is 61.5 Å². The summed E-state index contributed by atoms with van der Waals surface area (Å²) in [7, 11) is 0. The Morgan fingerprint density at radius 3 is 2.12 bits per heavy atom. The van der Waals surface area contributed by atoms with E-state index in [-0.39, 0.29) is 29.3 Å². The molecule has 2 aliphatic heterocycles. The molecule has 0 spiro atoms. The Morgan fingerprint density at radius 2 is 1.57 bits per heavy atom. The molecule has 1 atom stereocenters. The van der Waals surface area contributed by atoms with Gasteiger partial charge in [-0.2, -0.15) is 4.98 Å². The first-order valence-electron chi connectivity index (χ1n) is 14.5. The van der Waals surface area contributed by atoms with Crippen molar-refractivity contribution in [1.29, 1.82) is 0 Å². The smallest absolute Gasteiger partial charge is 0.414 e. The molecule has 6 rings (SSSR count). The molecule has 11 heteroatoms. The van der Waals surface area contributed by atoms with Crippen LogP contribution in [0.5, 0.6) is 0 Å². The van der Waals surface area contributed by atoms with Crippen molar-refractivity contribution in [2.45, 2.75) is 64.4 Å². The number of benzene rings is 1. The van der Waals surface area contributed by atoms with E-state index < -0.39 is 0 Å². The van der Waals surface area contributed by atoms with Gasteiger partial charge in [-0.3, -0.25) is 19.4 Å². The molecule has 1 aromatic carbocycles. The molecule has 10 nitrogen and oxygen atoms in total. The lowest BCUT2D eigenvalue weighted by Gasteiger charge is -2.36. The zero-order valence-electron chi connectivity index (χ0n) is 23.1. The molecule has 2 aromatic rings. The third-order valence-corrected chi connectivity index (χ3v) is 8.67. The number of rotatable bonds is 6. The molecular formula is C29H38ClN5O5. The lowest BCUT2D eigenvalue weighted by atomic mass is 10.1. The lowest BCUT2D eigenvalue weighted by molar-refractivity contribution is -0.137. The molecule has 2 saturated carbocycles. The summed E-state index contributed by atoms with van der Waals surface area (Å²) in [6, 6.07) is 7.50. The Balaban J connectivity index is 0.000000348. The molecule has 4 fully saturated rings. The number of halogens is 1. The van der Waals surface area contributed by atoms with Crippen molar-refractivity contribution in [3.8, 4) is 11.4 Å². The Hall–Kier alpha value is -2.98. The summed E-state index contributed by atoms with van der Waals surface area (Å²) in [5.74, 6) is 1.80. The first-order chi connectivity index (χ1) is 19.4. The maximum absolute atomic E-state index is 12.6. The number of cyclic esters (lactones) is 1. The minimum atomic E-state index is -0.326. The fourth-order valence-electron chi connectivity index (χ4n) is 6.06. The zero-order valence-corrected chi connectivity index (χ0v) is 23.9. The highest BCUT2D eigenvalue weighted by Crippen LogP contribution is 2.28. The van der Waals surface area contributed by atoms with E-state index in [2.05, 4.69) is 15.0 Å². The number of carbonyl (C=O) groups is 3. The highest BCUT2D eigenvalue weighted by atomic mass is 35.5. The number of aromatic nitrogens is 2. The number of ether oxygens (including phenoxy) is 1.